The summed E-state index contributed by atoms with van der Waals surface area (Å²) in [7, 11) is 0. The molecule has 0 heterocycles. The summed E-state index contributed by atoms with van der Waals surface area (Å²) in [5, 5.41) is 7.66. The molecule has 1 atom stereocenters. The number of halogens is 6. The van der Waals surface area contributed by atoms with Gasteiger partial charge < -0.3 is 5.11 Å². The van der Waals surface area contributed by atoms with Crippen molar-refractivity contribution in [1.82, 2.24) is 0 Å². The number of rotatable bonds is 3. The second-order valence-electron chi connectivity index (χ2n) is 2.10. The number of aliphatic hydroxyl groups excluding tert-OH is 1. The van der Waals surface area contributed by atoms with Crippen molar-refractivity contribution in [2.45, 2.75) is 18.5 Å². The number of alkyl halides is 6. The maximum atomic E-state index is 12.1. The molecular formula is C5H2CuF6O3. The number of aliphatic hydroxyl groups is 1. The summed E-state index contributed by atoms with van der Waals surface area (Å²) < 4.78 is 70.0. The fraction of sp³-hybridized carbons (Fsp3) is 0.600. The van der Waals surface area contributed by atoms with E-state index in [9.17, 15) is 35.9 Å². The Bertz CT molecular complexity index is 260. The second kappa shape index (κ2) is 4.95. The molecule has 0 rings (SSSR count). The molecule has 0 aliphatic rings. The Labute approximate surface area is 88.9 Å². The molecule has 10 heteroatoms. The van der Waals surface area contributed by atoms with Crippen LogP contribution in [0.25, 0.3) is 0 Å². The summed E-state index contributed by atoms with van der Waals surface area (Å²) >= 11 is 0. The average molecular weight is 288 g/mol. The molecule has 3 nitrogen and oxygen atoms in total. The van der Waals surface area contributed by atoms with Crippen LogP contribution in [-0.4, -0.2) is 35.1 Å². The van der Waals surface area contributed by atoms with Gasteiger partial charge in [-0.25, -0.2) is 4.39 Å². The molecule has 0 aliphatic heterocycles. The standard InChI is InChI=1S/C5H2F6O3.Cu/c6-2(13)1(12)4(7,8)3(14)5(9,10)11;/h2,13H;. The fourth-order valence-corrected chi connectivity index (χ4v) is 0.439. The SMILES string of the molecule is O=C(C(O)F)C(F)(F)C(=O)C(F)(F)F.[Cu]. The number of hydrogen-bond donors (Lipinski definition) is 1. The van der Waals surface area contributed by atoms with Crippen LogP contribution in [0.15, 0.2) is 0 Å². The second-order valence-corrected chi connectivity index (χ2v) is 2.10. The van der Waals surface area contributed by atoms with E-state index in [0.29, 0.717) is 0 Å². The largest absolute Gasteiger partial charge is 0.456 e. The predicted molar refractivity (Wildman–Crippen MR) is 28.1 cm³/mol. The first kappa shape index (κ1) is 16.8. The monoisotopic (exact) mass is 287 g/mol. The molecule has 0 spiro atoms. The van der Waals surface area contributed by atoms with Crippen molar-refractivity contribution in [2.75, 3.05) is 0 Å². The van der Waals surface area contributed by atoms with Gasteiger partial charge in [0.05, 0.1) is 0 Å². The smallest absolute Gasteiger partial charge is 0.358 e. The van der Waals surface area contributed by atoms with E-state index in [4.69, 9.17) is 5.11 Å². The van der Waals surface area contributed by atoms with Crippen molar-refractivity contribution in [2.24, 2.45) is 0 Å². The predicted octanol–water partition coefficient (Wildman–Crippen LogP) is 0.608. The van der Waals surface area contributed by atoms with E-state index in [1.165, 1.54) is 0 Å². The van der Waals surface area contributed by atoms with Crippen molar-refractivity contribution < 1.29 is 58.1 Å². The maximum Gasteiger partial charge on any atom is 0.456 e. The van der Waals surface area contributed by atoms with E-state index in [2.05, 4.69) is 0 Å². The molecule has 0 aromatic rings. The van der Waals surface area contributed by atoms with Crippen LogP contribution in [-0.2, 0) is 26.7 Å². The van der Waals surface area contributed by atoms with Crippen molar-refractivity contribution in [3.63, 3.8) is 0 Å². The van der Waals surface area contributed by atoms with Gasteiger partial charge in [-0.2, -0.15) is 22.0 Å². The van der Waals surface area contributed by atoms with Crippen LogP contribution in [0.2, 0.25) is 0 Å². The Morgan fingerprint density at radius 1 is 1.07 bits per heavy atom. The third-order valence-corrected chi connectivity index (χ3v) is 1.07. The number of ketones is 2. The molecule has 0 aromatic heterocycles. The summed E-state index contributed by atoms with van der Waals surface area (Å²) in [6.45, 7) is 0. The molecule has 0 saturated heterocycles. The Morgan fingerprint density at radius 2 is 1.40 bits per heavy atom. The molecular weight excluding hydrogens is 286 g/mol. The van der Waals surface area contributed by atoms with Crippen LogP contribution in [0.4, 0.5) is 26.3 Å². The van der Waals surface area contributed by atoms with Gasteiger partial charge in [0.1, 0.15) is 0 Å². The third kappa shape index (κ3) is 3.80. The molecule has 0 aliphatic carbocycles. The number of Topliss-reactive ketones (excluding diaryl/α,β-unsaturated/α-hetero) is 2. The van der Waals surface area contributed by atoms with Gasteiger partial charge in [-0.15, -0.1) is 0 Å². The van der Waals surface area contributed by atoms with Gasteiger partial charge in [-0.1, -0.05) is 0 Å². The minimum Gasteiger partial charge on any atom is -0.358 e. The molecule has 0 fully saturated rings. The van der Waals surface area contributed by atoms with Gasteiger partial charge in [-0.3, -0.25) is 9.59 Å². The Balaban J connectivity index is 0. The number of carbonyl (C=O) groups excluding carboxylic acids is 2. The zero-order chi connectivity index (χ0) is 11.7. The minimum absolute atomic E-state index is 0. The Morgan fingerprint density at radius 3 is 1.60 bits per heavy atom. The molecule has 0 aromatic carbocycles. The van der Waals surface area contributed by atoms with Crippen LogP contribution in [0, 0.1) is 0 Å². The zero-order valence-electron chi connectivity index (χ0n) is 6.41. The summed E-state index contributed by atoms with van der Waals surface area (Å²) in [6.07, 6.45) is -9.81. The first-order valence-electron chi connectivity index (χ1n) is 2.87. The van der Waals surface area contributed by atoms with Gasteiger partial charge in [0.15, 0.2) is 0 Å². The topological polar surface area (TPSA) is 54.4 Å². The summed E-state index contributed by atoms with van der Waals surface area (Å²) in [6, 6.07) is 0. The minimum atomic E-state index is -5.98. The van der Waals surface area contributed by atoms with Crippen LogP contribution in [0.5, 0.6) is 0 Å². The van der Waals surface area contributed by atoms with E-state index in [-0.39, 0.29) is 17.1 Å². The summed E-state index contributed by atoms with van der Waals surface area (Å²) in [5.41, 5.74) is 0. The summed E-state index contributed by atoms with van der Waals surface area (Å²) in [5.74, 6) is -12.5. The average Bonchev–Trinajstić information content (AvgIpc) is 1.99. The van der Waals surface area contributed by atoms with Gasteiger partial charge in [0.25, 0.3) is 12.1 Å². The molecule has 0 saturated carbocycles. The molecule has 1 N–H and O–H groups in total. The first-order chi connectivity index (χ1) is 6.01. The van der Waals surface area contributed by atoms with E-state index in [0.717, 1.165) is 0 Å². The number of hydrogen-bond acceptors (Lipinski definition) is 3. The summed E-state index contributed by atoms with van der Waals surface area (Å²) in [4.78, 5) is 19.8. The van der Waals surface area contributed by atoms with E-state index in [1.807, 2.05) is 0 Å². The van der Waals surface area contributed by atoms with Crippen LogP contribution in [0.1, 0.15) is 0 Å². The molecule has 0 amide bonds. The van der Waals surface area contributed by atoms with E-state index >= 15 is 0 Å². The fourth-order valence-electron chi connectivity index (χ4n) is 0.439. The van der Waals surface area contributed by atoms with Crippen LogP contribution in [0.3, 0.4) is 0 Å². The van der Waals surface area contributed by atoms with Gasteiger partial charge in [-0.05, 0) is 0 Å². The van der Waals surface area contributed by atoms with Crippen molar-refractivity contribution in [1.29, 1.82) is 0 Å². The van der Waals surface area contributed by atoms with Crippen LogP contribution < -0.4 is 0 Å². The Kier molecular flexibility index (Phi) is 5.55. The number of carbonyl (C=O) groups is 2. The normalized spacial score (nSPS) is 14.1. The quantitative estimate of drug-likeness (QED) is 0.470. The Hall–Kier alpha value is -0.601. The molecule has 93 valence electrons. The van der Waals surface area contributed by atoms with Crippen molar-refractivity contribution in [3.05, 3.63) is 0 Å². The molecule has 0 bridgehead atoms. The first-order valence-corrected chi connectivity index (χ1v) is 2.87. The van der Waals surface area contributed by atoms with Gasteiger partial charge in [0, 0.05) is 17.1 Å². The maximum absolute atomic E-state index is 12.1. The zero-order valence-corrected chi connectivity index (χ0v) is 7.35. The molecule has 1 unspecified atom stereocenters. The third-order valence-electron chi connectivity index (χ3n) is 1.07. The van der Waals surface area contributed by atoms with Crippen LogP contribution >= 0.6 is 0 Å². The van der Waals surface area contributed by atoms with E-state index in [1.54, 1.807) is 0 Å². The molecule has 15 heavy (non-hydrogen) atoms. The van der Waals surface area contributed by atoms with Gasteiger partial charge >= 0.3 is 17.9 Å². The molecule has 1 radical (unpaired) electrons. The van der Waals surface area contributed by atoms with Crippen molar-refractivity contribution >= 4 is 11.6 Å². The van der Waals surface area contributed by atoms with E-state index < -0.39 is 30.0 Å². The van der Waals surface area contributed by atoms with Gasteiger partial charge in [0.2, 0.25) is 0 Å². The van der Waals surface area contributed by atoms with Crippen molar-refractivity contribution in [3.8, 4) is 0 Å².